The molecule has 4 aliphatic rings. The number of carbonyl (C=O) groups is 4. The average molecular weight is 603 g/mol. The highest BCUT2D eigenvalue weighted by Gasteiger charge is 2.89. The minimum atomic E-state index is -2.26. The van der Waals surface area contributed by atoms with Gasteiger partial charge >= 0.3 is 11.9 Å². The lowest BCUT2D eigenvalue weighted by atomic mass is 9.58. The van der Waals surface area contributed by atoms with Crippen LogP contribution in [-0.4, -0.2) is 68.3 Å². The second-order valence-corrected chi connectivity index (χ2v) is 13.8. The molecule has 9 heteroatoms. The van der Waals surface area contributed by atoms with Crippen LogP contribution < -0.4 is 0 Å². The average Bonchev–Trinajstić information content (AvgIpc) is 3.35. The van der Waals surface area contributed by atoms with Crippen molar-refractivity contribution < 1.29 is 44.0 Å². The summed E-state index contributed by atoms with van der Waals surface area (Å²) >= 11 is 0. The molecule has 43 heavy (non-hydrogen) atoms. The lowest BCUT2D eigenvalue weighted by Crippen LogP contribution is -2.67. The van der Waals surface area contributed by atoms with E-state index in [1.807, 2.05) is 20.8 Å². The van der Waals surface area contributed by atoms with Crippen LogP contribution in [0.3, 0.4) is 0 Å². The first-order valence-electron chi connectivity index (χ1n) is 16.2. The zero-order chi connectivity index (χ0) is 32.0. The molecule has 0 aromatic rings. The van der Waals surface area contributed by atoms with Crippen molar-refractivity contribution in [3.05, 3.63) is 23.3 Å². The fraction of sp³-hybridized carbons (Fsp3) is 0.765. The maximum atomic E-state index is 14.2. The molecular formula is C34H50O9. The van der Waals surface area contributed by atoms with Crippen LogP contribution in [0.4, 0.5) is 0 Å². The Bertz CT molecular complexity index is 1200. The second-order valence-electron chi connectivity index (χ2n) is 13.8. The molecule has 0 aliphatic heterocycles. The quantitative estimate of drug-likeness (QED) is 0.209. The molecule has 0 aromatic carbocycles. The van der Waals surface area contributed by atoms with Gasteiger partial charge in [-0.15, -0.1) is 0 Å². The monoisotopic (exact) mass is 602 g/mol. The summed E-state index contributed by atoms with van der Waals surface area (Å²) in [5.74, 6) is -6.53. The Morgan fingerprint density at radius 1 is 0.930 bits per heavy atom. The van der Waals surface area contributed by atoms with Gasteiger partial charge in [-0.1, -0.05) is 79.2 Å². The predicted molar refractivity (Wildman–Crippen MR) is 158 cm³/mol. The van der Waals surface area contributed by atoms with Gasteiger partial charge in [0, 0.05) is 41.6 Å². The van der Waals surface area contributed by atoms with Gasteiger partial charge in [0.25, 0.3) is 0 Å². The van der Waals surface area contributed by atoms with Gasteiger partial charge in [0.2, 0.25) is 0 Å². The summed E-state index contributed by atoms with van der Waals surface area (Å²) < 4.78 is 12.4. The van der Waals surface area contributed by atoms with E-state index in [-0.39, 0.29) is 24.0 Å². The standard InChI is InChI=1S/C34H50O9/c1-7-9-11-12-14-16-25(37)43-34-28(31(34,5)6)26-27(38)22(19-35)18-32(40)23(17-20(3)29(32)39)33(26,41)21(4)30(34)42-24(36)15-13-10-8-2/h17-18,21,23,26,28,30,35,40-41H,7-16,19H2,1-6H3/t21-,23-,26+,28-,30-,32-,33+,34-/m1/s1. The molecule has 0 amide bonds. The van der Waals surface area contributed by atoms with E-state index in [9.17, 15) is 34.5 Å². The summed E-state index contributed by atoms with van der Waals surface area (Å²) in [5, 5.41) is 34.8. The Morgan fingerprint density at radius 2 is 1.51 bits per heavy atom. The number of ketones is 2. The van der Waals surface area contributed by atoms with E-state index in [4.69, 9.17) is 9.47 Å². The van der Waals surface area contributed by atoms with E-state index >= 15 is 0 Å². The Hall–Kier alpha value is -2.36. The molecule has 240 valence electrons. The van der Waals surface area contributed by atoms with Gasteiger partial charge in [-0.2, -0.15) is 0 Å². The molecular weight excluding hydrogens is 552 g/mol. The molecule has 8 atom stereocenters. The number of rotatable bonds is 13. The Kier molecular flexibility index (Phi) is 9.52. The summed E-state index contributed by atoms with van der Waals surface area (Å²) in [7, 11) is 0. The lowest BCUT2D eigenvalue weighted by molar-refractivity contribution is -0.229. The van der Waals surface area contributed by atoms with Crippen molar-refractivity contribution in [2.24, 2.45) is 29.1 Å². The van der Waals surface area contributed by atoms with E-state index < -0.39 is 82.1 Å². The van der Waals surface area contributed by atoms with E-state index in [2.05, 4.69) is 6.92 Å². The largest absolute Gasteiger partial charge is 0.458 e. The zero-order valence-electron chi connectivity index (χ0n) is 26.6. The number of aliphatic hydroxyl groups excluding tert-OH is 1. The minimum Gasteiger partial charge on any atom is -0.458 e. The Balaban J connectivity index is 1.80. The first-order chi connectivity index (χ1) is 20.2. The van der Waals surface area contributed by atoms with Crippen LogP contribution in [0.25, 0.3) is 0 Å². The fourth-order valence-electron chi connectivity index (χ4n) is 8.49. The van der Waals surface area contributed by atoms with Gasteiger partial charge in [-0.3, -0.25) is 19.2 Å². The topological polar surface area (TPSA) is 147 Å². The van der Waals surface area contributed by atoms with Gasteiger partial charge in [-0.25, -0.2) is 0 Å². The molecule has 0 aromatic heterocycles. The van der Waals surface area contributed by atoms with Crippen LogP contribution in [0.15, 0.2) is 23.3 Å². The Labute approximate surface area is 255 Å². The summed E-state index contributed by atoms with van der Waals surface area (Å²) in [5.41, 5.74) is -6.60. The summed E-state index contributed by atoms with van der Waals surface area (Å²) in [6.45, 7) is 10.2. The molecule has 0 bridgehead atoms. The van der Waals surface area contributed by atoms with Crippen LogP contribution >= 0.6 is 0 Å². The first kappa shape index (κ1) is 33.5. The van der Waals surface area contributed by atoms with Gasteiger partial charge < -0.3 is 24.8 Å². The summed E-state index contributed by atoms with van der Waals surface area (Å²) in [4.78, 5) is 54.1. The molecule has 2 saturated carbocycles. The molecule has 9 nitrogen and oxygen atoms in total. The molecule has 0 radical (unpaired) electrons. The predicted octanol–water partition coefficient (Wildman–Crippen LogP) is 4.15. The Morgan fingerprint density at radius 3 is 2.14 bits per heavy atom. The summed E-state index contributed by atoms with van der Waals surface area (Å²) in [6.07, 6.45) is 8.78. The van der Waals surface area contributed by atoms with Gasteiger partial charge in [-0.05, 0) is 31.4 Å². The number of aliphatic hydroxyl groups is 3. The third kappa shape index (κ3) is 5.13. The zero-order valence-corrected chi connectivity index (χ0v) is 26.6. The van der Waals surface area contributed by atoms with Crippen LogP contribution in [0.1, 0.15) is 106 Å². The van der Waals surface area contributed by atoms with Crippen LogP contribution in [0, 0.1) is 29.1 Å². The van der Waals surface area contributed by atoms with E-state index in [1.54, 1.807) is 6.92 Å². The van der Waals surface area contributed by atoms with E-state index in [0.29, 0.717) is 12.8 Å². The number of Topliss-reactive ketones (excluding diaryl/α,β-unsaturated/α-hetero) is 2. The number of hydrogen-bond donors (Lipinski definition) is 3. The number of hydrogen-bond acceptors (Lipinski definition) is 9. The molecule has 0 unspecified atom stereocenters. The highest BCUT2D eigenvalue weighted by molar-refractivity contribution is 6.09. The fourth-order valence-corrected chi connectivity index (χ4v) is 8.49. The number of esters is 2. The first-order valence-corrected chi connectivity index (χ1v) is 16.2. The molecule has 0 spiro atoms. The van der Waals surface area contributed by atoms with Crippen molar-refractivity contribution in [2.75, 3.05) is 6.61 Å². The van der Waals surface area contributed by atoms with Crippen LogP contribution in [-0.2, 0) is 28.7 Å². The van der Waals surface area contributed by atoms with Crippen molar-refractivity contribution in [1.82, 2.24) is 0 Å². The van der Waals surface area contributed by atoms with Crippen molar-refractivity contribution in [2.45, 2.75) is 129 Å². The maximum Gasteiger partial charge on any atom is 0.306 e. The molecule has 0 heterocycles. The minimum absolute atomic E-state index is 0.144. The van der Waals surface area contributed by atoms with Gasteiger partial charge in [0.15, 0.2) is 22.8 Å². The third-order valence-electron chi connectivity index (χ3n) is 10.9. The van der Waals surface area contributed by atoms with Crippen molar-refractivity contribution >= 4 is 23.5 Å². The van der Waals surface area contributed by atoms with Crippen molar-refractivity contribution in [1.29, 1.82) is 0 Å². The maximum absolute atomic E-state index is 14.2. The number of unbranched alkanes of at least 4 members (excludes halogenated alkanes) is 6. The normalized spacial score (nSPS) is 37.4. The molecule has 4 rings (SSSR count). The van der Waals surface area contributed by atoms with Crippen molar-refractivity contribution in [3.8, 4) is 0 Å². The molecule has 0 saturated heterocycles. The highest BCUT2D eigenvalue weighted by atomic mass is 16.6. The summed E-state index contributed by atoms with van der Waals surface area (Å²) in [6, 6.07) is 0. The number of carbonyl (C=O) groups excluding carboxylic acids is 4. The van der Waals surface area contributed by atoms with Crippen LogP contribution in [0.2, 0.25) is 0 Å². The SMILES string of the molecule is CCCCCCCC(=O)O[C@@]12[C@H](OC(=O)CCCCC)[C@@H](C)[C@@]3(O)[C@@H](C(=O)C(CO)=C[C@]4(O)C(=O)C(C)=C[C@@H]34)[C@@H]1C2(C)C. The number of fused-ring (bicyclic) bond motifs is 5. The lowest BCUT2D eigenvalue weighted by Gasteiger charge is -2.52. The van der Waals surface area contributed by atoms with Gasteiger partial charge in [0.1, 0.15) is 6.10 Å². The van der Waals surface area contributed by atoms with Crippen LogP contribution in [0.5, 0.6) is 0 Å². The molecule has 3 N–H and O–H groups in total. The molecule has 2 fully saturated rings. The second kappa shape index (κ2) is 12.2. The molecule has 4 aliphatic carbocycles. The van der Waals surface area contributed by atoms with E-state index in [1.165, 1.54) is 13.0 Å². The third-order valence-corrected chi connectivity index (χ3v) is 10.9. The van der Waals surface area contributed by atoms with E-state index in [0.717, 1.165) is 44.6 Å². The number of ether oxygens (including phenoxy) is 2. The smallest absolute Gasteiger partial charge is 0.306 e. The van der Waals surface area contributed by atoms with Gasteiger partial charge in [0.05, 0.1) is 18.1 Å². The van der Waals surface area contributed by atoms with Crippen molar-refractivity contribution in [3.63, 3.8) is 0 Å². The highest BCUT2D eigenvalue weighted by Crippen LogP contribution is 2.77.